The summed E-state index contributed by atoms with van der Waals surface area (Å²) in [7, 11) is 0. The molecule has 2 N–H and O–H groups in total. The number of ether oxygens (including phenoxy) is 1. The normalized spacial score (nSPS) is 25.6. The predicted octanol–water partition coefficient (Wildman–Crippen LogP) is 1.51. The molecule has 10 heavy (non-hydrogen) atoms. The Bertz CT molecular complexity index is 404. The molecule has 0 saturated carbocycles. The maximum absolute atomic E-state index is 7.56. The first-order valence-electron chi connectivity index (χ1n) is 6.30. The summed E-state index contributed by atoms with van der Waals surface area (Å²) in [5, 5.41) is -0.483. The van der Waals surface area contributed by atoms with Crippen LogP contribution in [-0.4, -0.2) is 11.1 Å². The second kappa shape index (κ2) is 2.88. The van der Waals surface area contributed by atoms with E-state index in [2.05, 4.69) is 9.72 Å². The molecule has 1 aromatic heterocycles. The van der Waals surface area contributed by atoms with Crippen molar-refractivity contribution in [1.82, 2.24) is 4.98 Å². The number of nitrogen functional groups attached to an aromatic ring is 1. The summed E-state index contributed by atoms with van der Waals surface area (Å²) in [4.78, 5) is 3.44. The molecule has 0 atom stereocenters. The van der Waals surface area contributed by atoms with Gasteiger partial charge in [-0.2, -0.15) is 0 Å². The molecular formula is C6H10N2OS. The summed E-state index contributed by atoms with van der Waals surface area (Å²) in [6.07, 6.45) is -3.51. The van der Waals surface area contributed by atoms with Gasteiger partial charge in [0.05, 0.1) is 15.0 Å². The van der Waals surface area contributed by atoms with Crippen LogP contribution in [0.4, 0.5) is 5.00 Å². The Balaban J connectivity index is 3.15. The van der Waals surface area contributed by atoms with Crippen LogP contribution in [0, 0.1) is 0 Å². The van der Waals surface area contributed by atoms with Gasteiger partial charge in [-0.15, -0.1) is 0 Å². The van der Waals surface area contributed by atoms with E-state index in [4.69, 9.17) is 16.7 Å². The topological polar surface area (TPSA) is 48.1 Å². The molecule has 0 amide bonds. The monoisotopic (exact) mass is 166 g/mol. The van der Waals surface area contributed by atoms with Crippen LogP contribution in [0.1, 0.15) is 24.7 Å². The summed E-state index contributed by atoms with van der Waals surface area (Å²) < 4.78 is 62.1. The number of thiazole rings is 1. The van der Waals surface area contributed by atoms with E-state index < -0.39 is 25.0 Å². The average molecular weight is 166 g/mol. The molecule has 0 bridgehead atoms. The molecule has 0 fully saturated rings. The zero-order valence-corrected chi connectivity index (χ0v) is 5.66. The van der Waals surface area contributed by atoms with Gasteiger partial charge in [-0.25, -0.2) is 4.98 Å². The number of anilines is 1. The third-order valence-corrected chi connectivity index (χ3v) is 1.30. The minimum absolute atomic E-state index is 0.0524. The van der Waals surface area contributed by atoms with Crippen molar-refractivity contribution < 1.29 is 15.7 Å². The van der Waals surface area contributed by atoms with Gasteiger partial charge in [-0.1, -0.05) is 11.3 Å². The molecular weight excluding hydrogens is 148 g/mol. The third kappa shape index (κ3) is 1.88. The maximum Gasteiger partial charge on any atom is 0.275 e. The molecule has 0 unspecified atom stereocenters. The zero-order chi connectivity index (χ0) is 14.4. The minimum Gasteiger partial charge on any atom is -0.467 e. The predicted molar refractivity (Wildman–Crippen MR) is 42.3 cm³/mol. The number of hydrogen-bond acceptors (Lipinski definition) is 4. The largest absolute Gasteiger partial charge is 0.467 e. The molecule has 0 radical (unpaired) electrons. The van der Waals surface area contributed by atoms with Gasteiger partial charge in [0.1, 0.15) is 5.00 Å². The van der Waals surface area contributed by atoms with E-state index in [1.165, 1.54) is 0 Å². The van der Waals surface area contributed by atoms with Gasteiger partial charge in [0.25, 0.3) is 5.19 Å². The smallest absolute Gasteiger partial charge is 0.275 e. The highest BCUT2D eigenvalue weighted by Crippen LogP contribution is 2.22. The highest BCUT2D eigenvalue weighted by molar-refractivity contribution is 7.17. The van der Waals surface area contributed by atoms with Crippen molar-refractivity contribution in [1.29, 1.82) is 0 Å². The van der Waals surface area contributed by atoms with Crippen molar-refractivity contribution in [2.75, 3.05) is 5.73 Å². The van der Waals surface area contributed by atoms with Gasteiger partial charge >= 0.3 is 0 Å². The Morgan fingerprint density at radius 2 is 2.90 bits per heavy atom. The first kappa shape index (κ1) is 2.11. The summed E-state index contributed by atoms with van der Waals surface area (Å²) in [5.74, 6) is 0. The third-order valence-electron chi connectivity index (χ3n) is 0.644. The SMILES string of the molecule is [2H]c1nc(OC([2H])(C([2H])([2H])[2H])C([2H])([2H])[2H])sc1N. The Morgan fingerprint density at radius 3 is 3.40 bits per heavy atom. The van der Waals surface area contributed by atoms with Crippen LogP contribution in [0.25, 0.3) is 0 Å². The Hall–Kier alpha value is -0.770. The molecule has 1 heterocycles. The van der Waals surface area contributed by atoms with Crippen LogP contribution < -0.4 is 10.5 Å². The molecule has 0 spiro atoms. The molecule has 4 heteroatoms. The fraction of sp³-hybridized carbons (Fsp3) is 0.500. The van der Waals surface area contributed by atoms with Gasteiger partial charge in [0.2, 0.25) is 0 Å². The molecule has 56 valence electrons. The number of rotatable bonds is 2. The van der Waals surface area contributed by atoms with Crippen molar-refractivity contribution in [3.63, 3.8) is 0 Å². The fourth-order valence-electron chi connectivity index (χ4n) is 0.371. The fourth-order valence-corrected chi connectivity index (χ4v) is 0.867. The molecule has 3 nitrogen and oxygen atoms in total. The van der Waals surface area contributed by atoms with E-state index in [1.54, 1.807) is 0 Å². The Labute approximate surface area is 75.1 Å². The molecule has 0 aromatic carbocycles. The van der Waals surface area contributed by atoms with Gasteiger partial charge in [-0.3, -0.25) is 0 Å². The van der Waals surface area contributed by atoms with Crippen LogP contribution in [0.5, 0.6) is 5.19 Å². The quantitative estimate of drug-likeness (QED) is 0.724. The van der Waals surface area contributed by atoms with Crippen LogP contribution in [0.15, 0.2) is 6.17 Å². The number of nitrogens with zero attached hydrogens (tertiary/aromatic N) is 1. The van der Waals surface area contributed by atoms with E-state index in [-0.39, 0.29) is 11.2 Å². The minimum atomic E-state index is -3.21. The van der Waals surface area contributed by atoms with Crippen molar-refractivity contribution >= 4 is 16.3 Å². The van der Waals surface area contributed by atoms with Crippen molar-refractivity contribution in [2.45, 2.75) is 19.8 Å². The average Bonchev–Trinajstić information content (AvgIpc) is 2.41. The van der Waals surface area contributed by atoms with E-state index in [0.29, 0.717) is 11.3 Å². The lowest BCUT2D eigenvalue weighted by atomic mass is 10.5. The molecule has 0 saturated heterocycles. The van der Waals surface area contributed by atoms with E-state index in [9.17, 15) is 0 Å². The number of nitrogens with two attached hydrogens (primary N) is 1. The van der Waals surface area contributed by atoms with Crippen LogP contribution in [0.3, 0.4) is 0 Å². The lowest BCUT2D eigenvalue weighted by Crippen LogP contribution is -2.04. The lowest BCUT2D eigenvalue weighted by molar-refractivity contribution is 0.241. The van der Waals surface area contributed by atoms with E-state index in [1.807, 2.05) is 0 Å². The molecule has 0 aliphatic heterocycles. The summed E-state index contributed by atoms with van der Waals surface area (Å²) in [6.45, 7) is -6.41. The lowest BCUT2D eigenvalue weighted by Gasteiger charge is -2.03. The summed E-state index contributed by atoms with van der Waals surface area (Å²) in [5.41, 5.74) is 5.32. The standard InChI is InChI=1S/C6H10N2OS/c1-4(2)9-6-8-3-5(7)10-6/h3-4H,7H2,1-2H3/i1D3,2D3,3D,4D. The van der Waals surface area contributed by atoms with Crippen molar-refractivity contribution in [3.8, 4) is 5.19 Å². The highest BCUT2D eigenvalue weighted by Gasteiger charge is 2.00. The van der Waals surface area contributed by atoms with Crippen LogP contribution >= 0.6 is 11.3 Å². The van der Waals surface area contributed by atoms with E-state index >= 15 is 0 Å². The molecule has 1 rings (SSSR count). The number of aromatic nitrogens is 1. The Morgan fingerprint density at radius 1 is 2.10 bits per heavy atom. The van der Waals surface area contributed by atoms with Crippen molar-refractivity contribution in [2.24, 2.45) is 0 Å². The van der Waals surface area contributed by atoms with Crippen LogP contribution in [0.2, 0.25) is 0 Å². The molecule has 0 aliphatic rings. The summed E-state index contributed by atoms with van der Waals surface area (Å²) >= 11 is 0.610. The van der Waals surface area contributed by atoms with E-state index in [0.717, 1.165) is 0 Å². The summed E-state index contributed by atoms with van der Waals surface area (Å²) in [6, 6.07) is 0. The van der Waals surface area contributed by atoms with Crippen molar-refractivity contribution in [3.05, 3.63) is 6.17 Å². The molecule has 0 aliphatic carbocycles. The number of hydrogen-bond donors (Lipinski definition) is 1. The maximum atomic E-state index is 7.56. The first-order chi connectivity index (χ1) is 7.88. The van der Waals surface area contributed by atoms with Gasteiger partial charge in [0.15, 0.2) is 0 Å². The van der Waals surface area contributed by atoms with Gasteiger partial charge in [0, 0.05) is 8.22 Å². The molecule has 1 aromatic rings. The van der Waals surface area contributed by atoms with Crippen LogP contribution in [-0.2, 0) is 0 Å². The van der Waals surface area contributed by atoms with Gasteiger partial charge in [-0.05, 0) is 13.7 Å². The second-order valence-electron chi connectivity index (χ2n) is 1.39. The first-order valence-corrected chi connectivity index (χ1v) is 3.12. The zero-order valence-electron chi connectivity index (χ0n) is 12.8. The van der Waals surface area contributed by atoms with Gasteiger partial charge < -0.3 is 10.5 Å². The Kier molecular flexibility index (Phi) is 0.606. The second-order valence-corrected chi connectivity index (χ2v) is 2.38. The highest BCUT2D eigenvalue weighted by atomic mass is 32.1.